The van der Waals surface area contributed by atoms with Gasteiger partial charge in [0.2, 0.25) is 5.91 Å². The molecule has 0 saturated heterocycles. The maximum Gasteiger partial charge on any atom is 0.270 e. The van der Waals surface area contributed by atoms with Crippen LogP contribution in [0.3, 0.4) is 0 Å². The Hall–Kier alpha value is -2.28. The Morgan fingerprint density at radius 2 is 1.91 bits per heavy atom. The molecule has 0 radical (unpaired) electrons. The van der Waals surface area contributed by atoms with Gasteiger partial charge in [-0.2, -0.15) is 0 Å². The Kier molecular flexibility index (Phi) is 7.23. The molecule has 32 heavy (non-hydrogen) atoms. The van der Waals surface area contributed by atoms with Gasteiger partial charge < -0.3 is 5.32 Å². The molecule has 0 bridgehead atoms. The van der Waals surface area contributed by atoms with E-state index in [2.05, 4.69) is 26.8 Å². The summed E-state index contributed by atoms with van der Waals surface area (Å²) < 4.78 is 31.2. The van der Waals surface area contributed by atoms with Crippen LogP contribution in [-0.4, -0.2) is 16.6 Å². The van der Waals surface area contributed by atoms with Gasteiger partial charge in [-0.3, -0.25) is 9.78 Å². The maximum atomic E-state index is 13.3. The number of amides is 1. The molecule has 2 aliphatic rings. The zero-order valence-corrected chi connectivity index (χ0v) is 19.1. The van der Waals surface area contributed by atoms with Crippen LogP contribution in [0.1, 0.15) is 55.7 Å². The van der Waals surface area contributed by atoms with Crippen LogP contribution in [0, 0.1) is 11.8 Å². The monoisotopic (exact) mass is 457 g/mol. The molecule has 1 aliphatic heterocycles. The molecule has 4 nitrogen and oxygen atoms in total. The Morgan fingerprint density at radius 1 is 1.16 bits per heavy atom. The molecular weight excluding hydrogens is 428 g/mol. The van der Waals surface area contributed by atoms with Crippen molar-refractivity contribution in [2.45, 2.75) is 57.9 Å². The zero-order chi connectivity index (χ0) is 22.6. The standard InChI is InChI=1S/C25H29F2N3OS/c1-25(26,27)21-10-5-18(6-11-21)16-29-24(31)20-8-3-17(4-9-20)2-7-19-12-14-28-22-13-15-32-30-23(19)22/h5-6,10-14,17,20H,2-4,7-9,15-16H2,1H3,(H,29,31). The maximum absolute atomic E-state index is 13.3. The number of nitrogens with zero attached hydrogens (tertiary/aromatic N) is 2. The summed E-state index contributed by atoms with van der Waals surface area (Å²) in [4.78, 5) is 17.0. The number of alkyl halides is 2. The molecule has 1 aliphatic carbocycles. The molecule has 0 spiro atoms. The third kappa shape index (κ3) is 5.74. The number of pyridine rings is 1. The fourth-order valence-corrected chi connectivity index (χ4v) is 5.16. The minimum absolute atomic E-state index is 0.0104. The molecule has 1 aromatic heterocycles. The van der Waals surface area contributed by atoms with E-state index >= 15 is 0 Å². The van der Waals surface area contributed by atoms with Crippen LogP contribution >= 0.6 is 11.9 Å². The second-order valence-electron chi connectivity index (χ2n) is 8.85. The van der Waals surface area contributed by atoms with Crippen LogP contribution in [0.5, 0.6) is 0 Å². The molecule has 1 aromatic carbocycles. The van der Waals surface area contributed by atoms with Crippen LogP contribution in [0.25, 0.3) is 6.08 Å². The van der Waals surface area contributed by atoms with Gasteiger partial charge in [-0.05, 0) is 79.7 Å². The summed E-state index contributed by atoms with van der Waals surface area (Å²) in [6.07, 6.45) is 10.0. The zero-order valence-electron chi connectivity index (χ0n) is 18.3. The van der Waals surface area contributed by atoms with E-state index in [0.29, 0.717) is 12.5 Å². The quantitative estimate of drug-likeness (QED) is 0.631. The lowest BCUT2D eigenvalue weighted by atomic mass is 9.79. The lowest BCUT2D eigenvalue weighted by Crippen LogP contribution is -2.34. The van der Waals surface area contributed by atoms with Gasteiger partial charge in [-0.1, -0.05) is 24.3 Å². The SMILES string of the molecule is CC(F)(F)c1ccc(CNC(=O)C2CCC(CCc3ccnc4c3=NSCC=4)CC2)cc1. The Labute approximate surface area is 191 Å². The van der Waals surface area contributed by atoms with E-state index in [9.17, 15) is 13.6 Å². The van der Waals surface area contributed by atoms with Crippen LogP contribution in [0.4, 0.5) is 8.78 Å². The highest BCUT2D eigenvalue weighted by atomic mass is 32.2. The van der Waals surface area contributed by atoms with Crippen molar-refractivity contribution in [1.82, 2.24) is 10.3 Å². The first-order valence-corrected chi connectivity index (χ1v) is 12.2. The van der Waals surface area contributed by atoms with E-state index in [1.54, 1.807) is 24.1 Å². The van der Waals surface area contributed by atoms with E-state index in [1.165, 1.54) is 17.7 Å². The summed E-state index contributed by atoms with van der Waals surface area (Å²) >= 11 is 1.57. The molecule has 2 heterocycles. The van der Waals surface area contributed by atoms with E-state index in [1.807, 2.05) is 6.20 Å². The number of nitrogens with one attached hydrogen (secondary N) is 1. The number of aryl methyl sites for hydroxylation is 1. The van der Waals surface area contributed by atoms with Gasteiger partial charge in [0.15, 0.2) is 0 Å². The molecule has 1 N–H and O–H groups in total. The van der Waals surface area contributed by atoms with Crippen LogP contribution in [0.2, 0.25) is 0 Å². The summed E-state index contributed by atoms with van der Waals surface area (Å²) in [6, 6.07) is 8.25. The van der Waals surface area contributed by atoms with Crippen LogP contribution < -0.4 is 16.0 Å². The number of carbonyl (C=O) groups is 1. The Balaban J connectivity index is 1.22. The van der Waals surface area contributed by atoms with Crippen LogP contribution in [0.15, 0.2) is 40.9 Å². The highest BCUT2D eigenvalue weighted by Gasteiger charge is 2.26. The van der Waals surface area contributed by atoms with Gasteiger partial charge in [0.25, 0.3) is 5.92 Å². The van der Waals surface area contributed by atoms with Gasteiger partial charge in [0, 0.05) is 36.9 Å². The van der Waals surface area contributed by atoms with Crippen molar-refractivity contribution in [2.75, 3.05) is 5.75 Å². The largest absolute Gasteiger partial charge is 0.352 e. The first-order chi connectivity index (χ1) is 15.4. The number of rotatable bonds is 7. The number of halogens is 2. The van der Waals surface area contributed by atoms with Crippen molar-refractivity contribution in [3.63, 3.8) is 0 Å². The lowest BCUT2D eigenvalue weighted by Gasteiger charge is -2.28. The van der Waals surface area contributed by atoms with Crippen molar-refractivity contribution >= 4 is 23.9 Å². The molecule has 1 saturated carbocycles. The summed E-state index contributed by atoms with van der Waals surface area (Å²) in [5.74, 6) is -1.21. The third-order valence-electron chi connectivity index (χ3n) is 6.51. The molecule has 0 unspecified atom stereocenters. The smallest absolute Gasteiger partial charge is 0.270 e. The summed E-state index contributed by atoms with van der Waals surface area (Å²) in [5, 5.41) is 5.02. The topological polar surface area (TPSA) is 54.4 Å². The minimum Gasteiger partial charge on any atom is -0.352 e. The molecule has 170 valence electrons. The second-order valence-corrected chi connectivity index (χ2v) is 9.63. The summed E-state index contributed by atoms with van der Waals surface area (Å²) in [6.45, 7) is 1.26. The van der Waals surface area contributed by atoms with Crippen molar-refractivity contribution in [1.29, 1.82) is 0 Å². The van der Waals surface area contributed by atoms with E-state index in [4.69, 9.17) is 0 Å². The second kappa shape index (κ2) is 10.1. The van der Waals surface area contributed by atoms with E-state index in [-0.39, 0.29) is 17.4 Å². The van der Waals surface area contributed by atoms with Gasteiger partial charge in [0.1, 0.15) is 0 Å². The number of hydrogen-bond acceptors (Lipinski definition) is 4. The fourth-order valence-electron chi connectivity index (χ4n) is 4.51. The lowest BCUT2D eigenvalue weighted by molar-refractivity contribution is -0.126. The highest BCUT2D eigenvalue weighted by Crippen LogP contribution is 2.32. The molecule has 4 rings (SSSR count). The normalized spacial score (nSPS) is 20.6. The molecule has 1 fully saturated rings. The van der Waals surface area contributed by atoms with Gasteiger partial charge in [-0.15, -0.1) is 0 Å². The minimum atomic E-state index is -2.84. The number of hydrogen-bond donors (Lipinski definition) is 1. The number of fused-ring (bicyclic) bond motifs is 1. The molecule has 0 atom stereocenters. The van der Waals surface area contributed by atoms with Crippen molar-refractivity contribution in [3.8, 4) is 0 Å². The van der Waals surface area contributed by atoms with Crippen LogP contribution in [-0.2, 0) is 23.7 Å². The van der Waals surface area contributed by atoms with Gasteiger partial charge in [-0.25, -0.2) is 13.2 Å². The van der Waals surface area contributed by atoms with E-state index in [0.717, 1.165) is 67.5 Å². The van der Waals surface area contributed by atoms with Crippen molar-refractivity contribution < 1.29 is 13.6 Å². The predicted molar refractivity (Wildman–Crippen MR) is 124 cm³/mol. The Morgan fingerprint density at radius 3 is 2.62 bits per heavy atom. The van der Waals surface area contributed by atoms with Gasteiger partial charge >= 0.3 is 0 Å². The van der Waals surface area contributed by atoms with Crippen molar-refractivity contribution in [2.24, 2.45) is 16.2 Å². The molecular formula is C25H29F2N3OS. The first-order valence-electron chi connectivity index (χ1n) is 11.3. The average molecular weight is 458 g/mol. The Bertz CT molecular complexity index is 1060. The molecule has 2 aromatic rings. The highest BCUT2D eigenvalue weighted by molar-refractivity contribution is 7.98. The fraction of sp³-hybridized carbons (Fsp3) is 0.480. The first kappa shape index (κ1) is 22.9. The van der Waals surface area contributed by atoms with Crippen molar-refractivity contribution in [3.05, 3.63) is 63.9 Å². The number of aromatic nitrogens is 1. The predicted octanol–water partition coefficient (Wildman–Crippen LogP) is 4.31. The third-order valence-corrected chi connectivity index (χ3v) is 7.14. The molecule has 7 heteroatoms. The average Bonchev–Trinajstić information content (AvgIpc) is 2.81. The summed E-state index contributed by atoms with van der Waals surface area (Å²) in [5.41, 5.74) is 2.09. The number of carbonyl (C=O) groups excluding carboxylic acids is 1. The molecule has 1 amide bonds. The van der Waals surface area contributed by atoms with E-state index < -0.39 is 5.92 Å². The van der Waals surface area contributed by atoms with Gasteiger partial charge in [0.05, 0.1) is 10.7 Å². The number of benzene rings is 1. The summed E-state index contributed by atoms with van der Waals surface area (Å²) in [7, 11) is 0.